The van der Waals surface area contributed by atoms with Gasteiger partial charge < -0.3 is 9.84 Å². The first-order valence-corrected chi connectivity index (χ1v) is 11.2. The maximum Gasteiger partial charge on any atom is 0.312 e. The van der Waals surface area contributed by atoms with Gasteiger partial charge in [-0.1, -0.05) is 72.1 Å². The molecule has 0 aliphatic heterocycles. The Morgan fingerprint density at radius 2 is 1.67 bits per heavy atom. The van der Waals surface area contributed by atoms with E-state index < -0.39 is 17.3 Å². The zero-order chi connectivity index (χ0) is 20.3. The smallest absolute Gasteiger partial charge is 0.312 e. The van der Waals surface area contributed by atoms with Crippen molar-refractivity contribution in [1.29, 1.82) is 0 Å². The molecule has 1 aliphatic rings. The number of rotatable bonds is 13. The van der Waals surface area contributed by atoms with Crippen molar-refractivity contribution in [1.82, 2.24) is 0 Å². The zero-order valence-corrected chi connectivity index (χ0v) is 18.1. The molecule has 0 aromatic carbocycles. The van der Waals surface area contributed by atoms with Crippen LogP contribution < -0.4 is 0 Å². The van der Waals surface area contributed by atoms with E-state index in [1.54, 1.807) is 6.92 Å². The molecule has 0 aromatic heterocycles. The molecule has 0 aromatic rings. The normalized spacial score (nSPS) is 24.0. The van der Waals surface area contributed by atoms with E-state index >= 15 is 0 Å². The minimum Gasteiger partial charge on any atom is -0.481 e. The Morgan fingerprint density at radius 3 is 2.26 bits per heavy atom. The molecule has 0 saturated heterocycles. The molecule has 4 heteroatoms. The largest absolute Gasteiger partial charge is 0.481 e. The summed E-state index contributed by atoms with van der Waals surface area (Å²) in [5, 5.41) is 9.55. The van der Waals surface area contributed by atoms with E-state index in [1.807, 2.05) is 0 Å². The van der Waals surface area contributed by atoms with Gasteiger partial charge in [-0.3, -0.25) is 9.59 Å². The number of aliphatic carboxylic acids is 1. The predicted molar refractivity (Wildman–Crippen MR) is 110 cm³/mol. The Hall–Kier alpha value is -1.06. The fourth-order valence-electron chi connectivity index (χ4n) is 4.23. The maximum atomic E-state index is 12.9. The third-order valence-electron chi connectivity index (χ3n) is 6.18. The van der Waals surface area contributed by atoms with Gasteiger partial charge in [-0.2, -0.15) is 0 Å². The number of carboxylic acid groups (broad SMARTS) is 1. The quantitative estimate of drug-likeness (QED) is 0.297. The lowest BCUT2D eigenvalue weighted by Gasteiger charge is -2.37. The monoisotopic (exact) mass is 382 g/mol. The van der Waals surface area contributed by atoms with E-state index in [2.05, 4.69) is 20.8 Å². The minimum absolute atomic E-state index is 0.0595. The van der Waals surface area contributed by atoms with Crippen LogP contribution in [0.15, 0.2) is 0 Å². The highest BCUT2D eigenvalue weighted by molar-refractivity contribution is 5.84. The molecular weight excluding hydrogens is 340 g/mol. The van der Waals surface area contributed by atoms with Gasteiger partial charge in [-0.15, -0.1) is 0 Å². The van der Waals surface area contributed by atoms with Crippen molar-refractivity contribution in [2.24, 2.45) is 17.3 Å². The second-order valence-electron chi connectivity index (χ2n) is 9.11. The summed E-state index contributed by atoms with van der Waals surface area (Å²) in [6.07, 6.45) is 12.9. The van der Waals surface area contributed by atoms with Gasteiger partial charge in [0, 0.05) is 0 Å². The molecule has 1 N–H and O–H groups in total. The van der Waals surface area contributed by atoms with Crippen molar-refractivity contribution >= 4 is 11.9 Å². The van der Waals surface area contributed by atoms with Crippen molar-refractivity contribution < 1.29 is 19.4 Å². The first-order chi connectivity index (χ1) is 12.8. The minimum atomic E-state index is -0.869. The van der Waals surface area contributed by atoms with Crippen molar-refractivity contribution in [2.75, 3.05) is 0 Å². The summed E-state index contributed by atoms with van der Waals surface area (Å²) in [6.45, 7) is 8.47. The Bertz CT molecular complexity index is 446. The molecule has 1 fully saturated rings. The summed E-state index contributed by atoms with van der Waals surface area (Å²) in [5.74, 6) is -0.983. The average Bonchev–Trinajstić information content (AvgIpc) is 2.61. The number of ether oxygens (including phenoxy) is 1. The number of carboxylic acids is 1. The molecule has 4 nitrogen and oxygen atoms in total. The van der Waals surface area contributed by atoms with E-state index in [0.29, 0.717) is 12.8 Å². The first-order valence-electron chi connectivity index (χ1n) is 11.2. The Morgan fingerprint density at radius 1 is 1.04 bits per heavy atom. The number of hydrogen-bond acceptors (Lipinski definition) is 3. The van der Waals surface area contributed by atoms with Crippen molar-refractivity contribution in [3.63, 3.8) is 0 Å². The topological polar surface area (TPSA) is 63.6 Å². The molecule has 0 radical (unpaired) electrons. The van der Waals surface area contributed by atoms with Crippen LogP contribution in [0.3, 0.4) is 0 Å². The predicted octanol–water partition coefficient (Wildman–Crippen LogP) is 6.37. The number of hydrogen-bond donors (Lipinski definition) is 1. The van der Waals surface area contributed by atoms with Crippen LogP contribution in [0, 0.1) is 17.3 Å². The lowest BCUT2D eigenvalue weighted by atomic mass is 9.67. The fraction of sp³-hybridized carbons (Fsp3) is 0.913. The third kappa shape index (κ3) is 8.23. The van der Waals surface area contributed by atoms with Crippen LogP contribution in [-0.4, -0.2) is 23.1 Å². The summed E-state index contributed by atoms with van der Waals surface area (Å²) in [7, 11) is 0. The molecule has 27 heavy (non-hydrogen) atoms. The standard InChI is InChI=1S/C23H42O4/c1-5-6-14-19(15-10-8-7-9-13-18(2)3)27-22(26)23(4)17-12-11-16-20(23)21(24)25/h18-20H,5-17H2,1-4H3,(H,24,25). The lowest BCUT2D eigenvalue weighted by Crippen LogP contribution is -2.44. The third-order valence-corrected chi connectivity index (χ3v) is 6.18. The summed E-state index contributed by atoms with van der Waals surface area (Å²) < 4.78 is 5.92. The van der Waals surface area contributed by atoms with E-state index in [1.165, 1.54) is 25.7 Å². The van der Waals surface area contributed by atoms with Gasteiger partial charge in [0.05, 0.1) is 11.3 Å². The van der Waals surface area contributed by atoms with Crippen LogP contribution in [0.2, 0.25) is 0 Å². The van der Waals surface area contributed by atoms with Gasteiger partial charge in [0.2, 0.25) is 0 Å². The molecule has 0 spiro atoms. The van der Waals surface area contributed by atoms with Crippen LogP contribution in [0.4, 0.5) is 0 Å². The van der Waals surface area contributed by atoms with Crippen molar-refractivity contribution in [2.45, 2.75) is 117 Å². The number of unbranched alkanes of at least 4 members (excludes halogenated alkanes) is 4. The van der Waals surface area contributed by atoms with Crippen LogP contribution in [0.1, 0.15) is 111 Å². The Kier molecular flexibility index (Phi) is 11.0. The van der Waals surface area contributed by atoms with Gasteiger partial charge in [0.25, 0.3) is 0 Å². The first kappa shape index (κ1) is 24.0. The SMILES string of the molecule is CCCCC(CCCCCCC(C)C)OC(=O)C1(C)CCCCC1C(=O)O. The molecule has 158 valence electrons. The van der Waals surface area contributed by atoms with Crippen molar-refractivity contribution in [3.05, 3.63) is 0 Å². The van der Waals surface area contributed by atoms with Gasteiger partial charge >= 0.3 is 11.9 Å². The zero-order valence-electron chi connectivity index (χ0n) is 18.1. The lowest BCUT2D eigenvalue weighted by molar-refractivity contribution is -0.174. The number of esters is 1. The van der Waals surface area contributed by atoms with Crippen LogP contribution in [0.5, 0.6) is 0 Å². The van der Waals surface area contributed by atoms with Crippen LogP contribution >= 0.6 is 0 Å². The maximum absolute atomic E-state index is 12.9. The highest BCUT2D eigenvalue weighted by Gasteiger charge is 2.48. The second-order valence-corrected chi connectivity index (χ2v) is 9.11. The summed E-state index contributed by atoms with van der Waals surface area (Å²) in [6, 6.07) is 0. The van der Waals surface area contributed by atoms with Crippen LogP contribution in [-0.2, 0) is 14.3 Å². The molecule has 1 rings (SSSR count). The fourth-order valence-corrected chi connectivity index (χ4v) is 4.23. The molecule has 1 saturated carbocycles. The van der Waals surface area contributed by atoms with E-state index in [0.717, 1.165) is 50.9 Å². The van der Waals surface area contributed by atoms with Crippen LogP contribution in [0.25, 0.3) is 0 Å². The van der Waals surface area contributed by atoms with Crippen molar-refractivity contribution in [3.8, 4) is 0 Å². The van der Waals surface area contributed by atoms with E-state index in [9.17, 15) is 14.7 Å². The molecule has 0 heterocycles. The Labute approximate surface area is 166 Å². The van der Waals surface area contributed by atoms with E-state index in [4.69, 9.17) is 4.74 Å². The molecule has 1 aliphatic carbocycles. The second kappa shape index (κ2) is 12.4. The molecule has 3 atom stereocenters. The number of carbonyl (C=O) groups is 2. The number of carbonyl (C=O) groups excluding carboxylic acids is 1. The Balaban J connectivity index is 2.55. The van der Waals surface area contributed by atoms with Gasteiger partial charge in [-0.25, -0.2) is 0 Å². The summed E-state index contributed by atoms with van der Waals surface area (Å²) in [5.41, 5.74) is -0.869. The summed E-state index contributed by atoms with van der Waals surface area (Å²) in [4.78, 5) is 24.6. The molecule has 3 unspecified atom stereocenters. The average molecular weight is 383 g/mol. The highest BCUT2D eigenvalue weighted by atomic mass is 16.5. The molecular formula is C23H42O4. The molecule has 0 amide bonds. The van der Waals surface area contributed by atoms with Gasteiger partial charge in [0.15, 0.2) is 0 Å². The molecule has 0 bridgehead atoms. The van der Waals surface area contributed by atoms with Gasteiger partial charge in [-0.05, 0) is 44.9 Å². The summed E-state index contributed by atoms with van der Waals surface area (Å²) >= 11 is 0. The van der Waals surface area contributed by atoms with Gasteiger partial charge in [0.1, 0.15) is 6.10 Å². The van der Waals surface area contributed by atoms with E-state index in [-0.39, 0.29) is 12.1 Å². The highest BCUT2D eigenvalue weighted by Crippen LogP contribution is 2.42.